The summed E-state index contributed by atoms with van der Waals surface area (Å²) >= 11 is 1.25. The molecule has 0 bridgehead atoms. The number of halogens is 1. The number of aromatic nitrogens is 1. The van der Waals surface area contributed by atoms with E-state index in [4.69, 9.17) is 5.26 Å². The predicted octanol–water partition coefficient (Wildman–Crippen LogP) is 4.59. The fraction of sp³-hybridized carbons (Fsp3) is 0.0800. The van der Waals surface area contributed by atoms with Gasteiger partial charge in [-0.2, -0.15) is 10.4 Å². The minimum Gasteiger partial charge on any atom is -0.220 e. The van der Waals surface area contributed by atoms with Crippen LogP contribution < -0.4 is 4.80 Å². The smallest absolute Gasteiger partial charge is 0.220 e. The number of rotatable bonds is 6. The van der Waals surface area contributed by atoms with Crippen molar-refractivity contribution in [2.75, 3.05) is 14.1 Å². The molecule has 4 rings (SSSR count). The number of hydrogen-bond acceptors (Lipinski definition) is 6. The summed E-state index contributed by atoms with van der Waals surface area (Å²) in [4.78, 5) is 5.15. The molecule has 0 spiro atoms. The average molecular weight is 506 g/mol. The van der Waals surface area contributed by atoms with Gasteiger partial charge in [0.15, 0.2) is 0 Å². The van der Waals surface area contributed by atoms with Crippen LogP contribution in [0.1, 0.15) is 11.1 Å². The molecule has 0 unspecified atom stereocenters. The van der Waals surface area contributed by atoms with Crippen molar-refractivity contribution in [3.8, 4) is 17.3 Å². The fourth-order valence-electron chi connectivity index (χ4n) is 3.15. The van der Waals surface area contributed by atoms with Crippen LogP contribution in [-0.4, -0.2) is 37.7 Å². The summed E-state index contributed by atoms with van der Waals surface area (Å²) in [7, 11) is -0.703. The van der Waals surface area contributed by atoms with Gasteiger partial charge in [0.2, 0.25) is 14.8 Å². The highest BCUT2D eigenvalue weighted by Gasteiger charge is 2.17. The maximum absolute atomic E-state index is 14.6. The van der Waals surface area contributed by atoms with Gasteiger partial charge in [0, 0.05) is 25.0 Å². The van der Waals surface area contributed by atoms with Gasteiger partial charge < -0.3 is 0 Å². The Kier molecular flexibility index (Phi) is 7.02. The van der Waals surface area contributed by atoms with E-state index < -0.39 is 15.8 Å². The maximum Gasteiger partial charge on any atom is 0.242 e. The van der Waals surface area contributed by atoms with Gasteiger partial charge in [-0.1, -0.05) is 30.3 Å². The molecule has 0 fully saturated rings. The second kappa shape index (κ2) is 10.1. The van der Waals surface area contributed by atoms with Crippen LogP contribution in [0, 0.1) is 17.1 Å². The van der Waals surface area contributed by atoms with E-state index in [-0.39, 0.29) is 4.90 Å². The van der Waals surface area contributed by atoms with Gasteiger partial charge in [0.05, 0.1) is 34.1 Å². The lowest BCUT2D eigenvalue weighted by molar-refractivity contribution is 0.521. The highest BCUT2D eigenvalue weighted by molar-refractivity contribution is 7.89. The topological polar surface area (TPSA) is 90.8 Å². The standard InChI is InChI=1S/C25H20FN5O2S2/c1-30(2)35(32,33)21-7-5-6-20(14-21)29-25-31(28-16-19-12-10-18(15-27)11-13-19)24(17-34-25)22-8-3-4-9-23(22)26/h3-14,16-17H,1-2H3. The second-order valence-corrected chi connectivity index (χ2v) is 10.6. The van der Waals surface area contributed by atoms with Crippen molar-refractivity contribution >= 4 is 33.3 Å². The zero-order chi connectivity index (χ0) is 25.0. The highest BCUT2D eigenvalue weighted by atomic mass is 32.2. The molecule has 0 saturated carbocycles. The van der Waals surface area contributed by atoms with Crippen LogP contribution in [0.25, 0.3) is 11.3 Å². The molecule has 0 aliphatic rings. The van der Waals surface area contributed by atoms with Crippen LogP contribution in [0.15, 0.2) is 93.2 Å². The quantitative estimate of drug-likeness (QED) is 0.359. The van der Waals surface area contributed by atoms with Crippen LogP contribution in [0.2, 0.25) is 0 Å². The fourth-order valence-corrected chi connectivity index (χ4v) is 4.94. The van der Waals surface area contributed by atoms with Gasteiger partial charge in [0.1, 0.15) is 5.82 Å². The highest BCUT2D eigenvalue weighted by Crippen LogP contribution is 2.24. The third-order valence-corrected chi connectivity index (χ3v) is 7.65. The molecule has 0 aliphatic heterocycles. The lowest BCUT2D eigenvalue weighted by Crippen LogP contribution is -2.22. The molecule has 0 N–H and O–H groups in total. The summed E-state index contributed by atoms with van der Waals surface area (Å²) in [6.07, 6.45) is 1.59. The molecule has 1 aromatic heterocycles. The molecule has 4 aromatic rings. The van der Waals surface area contributed by atoms with Crippen molar-refractivity contribution in [2.24, 2.45) is 10.1 Å². The lowest BCUT2D eigenvalue weighted by Gasteiger charge is -2.11. The SMILES string of the molecule is CN(C)S(=O)(=O)c1cccc(N=c2scc(-c3ccccc3F)n2N=Cc2ccc(C#N)cc2)c1. The van der Waals surface area contributed by atoms with Gasteiger partial charge in [-0.3, -0.25) is 0 Å². The van der Waals surface area contributed by atoms with Crippen LogP contribution in [0.5, 0.6) is 0 Å². The Hall–Kier alpha value is -3.91. The monoisotopic (exact) mass is 505 g/mol. The number of sulfonamides is 1. The third-order valence-electron chi connectivity index (χ3n) is 5.02. The van der Waals surface area contributed by atoms with E-state index in [1.807, 2.05) is 0 Å². The number of benzene rings is 3. The summed E-state index contributed by atoms with van der Waals surface area (Å²) in [6.45, 7) is 0. The molecule has 0 radical (unpaired) electrons. The molecule has 1 heterocycles. The van der Waals surface area contributed by atoms with E-state index in [0.29, 0.717) is 27.3 Å². The molecule has 176 valence electrons. The Bertz CT molecular complexity index is 1610. The third kappa shape index (κ3) is 5.27. The van der Waals surface area contributed by atoms with E-state index >= 15 is 0 Å². The van der Waals surface area contributed by atoms with E-state index in [2.05, 4.69) is 16.2 Å². The first kappa shape index (κ1) is 24.2. The van der Waals surface area contributed by atoms with Gasteiger partial charge in [-0.25, -0.2) is 26.8 Å². The summed E-state index contributed by atoms with van der Waals surface area (Å²) in [6, 6.07) is 21.6. The number of nitrogens with zero attached hydrogens (tertiary/aromatic N) is 5. The molecule has 0 atom stereocenters. The van der Waals surface area contributed by atoms with E-state index in [1.165, 1.54) is 48.3 Å². The second-order valence-electron chi connectivity index (χ2n) is 7.57. The average Bonchev–Trinajstić information content (AvgIpc) is 3.25. The van der Waals surface area contributed by atoms with Gasteiger partial charge in [0.25, 0.3) is 0 Å². The maximum atomic E-state index is 14.6. The molecule has 0 amide bonds. The van der Waals surface area contributed by atoms with Gasteiger partial charge >= 0.3 is 0 Å². The molecule has 0 aliphatic carbocycles. The summed E-state index contributed by atoms with van der Waals surface area (Å²) in [5.74, 6) is -0.404. The van der Waals surface area contributed by atoms with Crippen LogP contribution >= 0.6 is 11.3 Å². The van der Waals surface area contributed by atoms with Crippen molar-refractivity contribution in [3.05, 3.63) is 99.9 Å². The number of nitriles is 1. The van der Waals surface area contributed by atoms with E-state index in [0.717, 1.165) is 9.87 Å². The lowest BCUT2D eigenvalue weighted by atomic mass is 10.1. The molecular weight excluding hydrogens is 485 g/mol. The molecule has 7 nitrogen and oxygen atoms in total. The van der Waals surface area contributed by atoms with Gasteiger partial charge in [-0.05, 0) is 48.0 Å². The molecule has 3 aromatic carbocycles. The van der Waals surface area contributed by atoms with Crippen molar-refractivity contribution < 1.29 is 12.8 Å². The molecule has 35 heavy (non-hydrogen) atoms. The normalized spacial score (nSPS) is 12.4. The zero-order valence-corrected chi connectivity index (χ0v) is 20.5. The summed E-state index contributed by atoms with van der Waals surface area (Å²) in [5.41, 5.74) is 2.53. The first-order valence-corrected chi connectivity index (χ1v) is 12.7. The summed E-state index contributed by atoms with van der Waals surface area (Å²) < 4.78 is 42.3. The Morgan fingerprint density at radius 3 is 2.49 bits per heavy atom. The minimum absolute atomic E-state index is 0.113. The van der Waals surface area contributed by atoms with Crippen LogP contribution in [-0.2, 0) is 10.0 Å². The molecule has 0 saturated heterocycles. The van der Waals surface area contributed by atoms with Crippen LogP contribution in [0.4, 0.5) is 10.1 Å². The Labute approximate surface area is 206 Å². The van der Waals surface area contributed by atoms with Crippen molar-refractivity contribution in [1.82, 2.24) is 8.98 Å². The first-order valence-electron chi connectivity index (χ1n) is 10.4. The number of hydrogen-bond donors (Lipinski definition) is 0. The van der Waals surface area contributed by atoms with E-state index in [1.54, 1.807) is 66.2 Å². The zero-order valence-electron chi connectivity index (χ0n) is 18.8. The van der Waals surface area contributed by atoms with Crippen molar-refractivity contribution in [1.29, 1.82) is 5.26 Å². The molecule has 10 heteroatoms. The van der Waals surface area contributed by atoms with Crippen molar-refractivity contribution in [2.45, 2.75) is 4.90 Å². The summed E-state index contributed by atoms with van der Waals surface area (Å²) in [5, 5.41) is 15.3. The van der Waals surface area contributed by atoms with Crippen molar-refractivity contribution in [3.63, 3.8) is 0 Å². The Morgan fingerprint density at radius 2 is 1.80 bits per heavy atom. The minimum atomic E-state index is -3.63. The number of thiazole rings is 1. The Balaban J connectivity index is 1.85. The van der Waals surface area contributed by atoms with Gasteiger partial charge in [-0.15, -0.1) is 11.3 Å². The molecular formula is C25H20FN5O2S2. The Morgan fingerprint density at radius 1 is 1.06 bits per heavy atom. The largest absolute Gasteiger partial charge is 0.242 e. The van der Waals surface area contributed by atoms with Crippen LogP contribution in [0.3, 0.4) is 0 Å². The predicted molar refractivity (Wildman–Crippen MR) is 134 cm³/mol. The van der Waals surface area contributed by atoms with E-state index in [9.17, 15) is 12.8 Å². The first-order chi connectivity index (χ1) is 16.8.